The minimum Gasteiger partial charge on any atom is -0.461 e. The van der Waals surface area contributed by atoms with E-state index in [1.807, 2.05) is 10.9 Å². The van der Waals surface area contributed by atoms with Crippen LogP contribution in [0.5, 0.6) is 0 Å². The molecule has 0 spiro atoms. The average molecular weight is 307 g/mol. The standard InChI is InChI=1S/C14H17N3O3S/c1-4-6-17-8-10(7-15-17)13-16-11(14(19)20-5-2)12(21-13)9(3)18/h7-8H,4-6H2,1-3H3. The van der Waals surface area contributed by atoms with E-state index in [4.69, 9.17) is 4.74 Å². The maximum absolute atomic E-state index is 11.9. The number of hydrogen-bond donors (Lipinski definition) is 0. The zero-order valence-electron chi connectivity index (χ0n) is 12.3. The smallest absolute Gasteiger partial charge is 0.358 e. The molecule has 6 nitrogen and oxygen atoms in total. The van der Waals surface area contributed by atoms with Crippen LogP contribution in [0.2, 0.25) is 0 Å². The molecule has 0 aliphatic carbocycles. The number of ketones is 1. The van der Waals surface area contributed by atoms with E-state index < -0.39 is 5.97 Å². The highest BCUT2D eigenvalue weighted by Crippen LogP contribution is 2.28. The Kier molecular flexibility index (Phi) is 4.85. The van der Waals surface area contributed by atoms with Gasteiger partial charge in [-0.25, -0.2) is 9.78 Å². The molecule has 0 unspecified atom stereocenters. The molecule has 2 aromatic rings. The Morgan fingerprint density at radius 3 is 2.76 bits per heavy atom. The van der Waals surface area contributed by atoms with Crippen LogP contribution >= 0.6 is 11.3 Å². The van der Waals surface area contributed by atoms with Crippen molar-refractivity contribution in [3.8, 4) is 10.6 Å². The third-order valence-electron chi connectivity index (χ3n) is 2.75. The van der Waals surface area contributed by atoms with E-state index in [1.54, 1.807) is 13.1 Å². The summed E-state index contributed by atoms with van der Waals surface area (Å²) in [5, 5.41) is 4.83. The van der Waals surface area contributed by atoms with Gasteiger partial charge in [0.25, 0.3) is 0 Å². The van der Waals surface area contributed by atoms with Crippen LogP contribution in [-0.2, 0) is 11.3 Å². The van der Waals surface area contributed by atoms with E-state index in [-0.39, 0.29) is 18.1 Å². The van der Waals surface area contributed by atoms with Crippen LogP contribution in [0.1, 0.15) is 47.4 Å². The van der Waals surface area contributed by atoms with E-state index in [1.165, 1.54) is 18.3 Å². The zero-order chi connectivity index (χ0) is 15.4. The quantitative estimate of drug-likeness (QED) is 0.606. The number of carbonyl (C=O) groups is 2. The van der Waals surface area contributed by atoms with Gasteiger partial charge < -0.3 is 4.74 Å². The molecule has 0 saturated heterocycles. The number of thiazole rings is 1. The lowest BCUT2D eigenvalue weighted by atomic mass is 10.3. The monoisotopic (exact) mass is 307 g/mol. The number of nitrogens with zero attached hydrogens (tertiary/aromatic N) is 3. The van der Waals surface area contributed by atoms with Gasteiger partial charge in [-0.05, 0) is 13.3 Å². The molecule has 112 valence electrons. The SMILES string of the molecule is CCCn1cc(-c2nc(C(=O)OCC)c(C(C)=O)s2)cn1. The first kappa shape index (κ1) is 15.4. The van der Waals surface area contributed by atoms with Crippen molar-refractivity contribution in [1.29, 1.82) is 0 Å². The second-order valence-corrected chi connectivity index (χ2v) is 5.46. The lowest BCUT2D eigenvalue weighted by Gasteiger charge is -1.98. The molecular formula is C14H17N3O3S. The fourth-order valence-corrected chi connectivity index (χ4v) is 2.77. The third kappa shape index (κ3) is 3.36. The average Bonchev–Trinajstić information content (AvgIpc) is 3.05. The van der Waals surface area contributed by atoms with Crippen LogP contribution in [-0.4, -0.2) is 33.1 Å². The van der Waals surface area contributed by atoms with E-state index in [0.717, 1.165) is 18.5 Å². The van der Waals surface area contributed by atoms with Crippen LogP contribution in [0.4, 0.5) is 0 Å². The molecule has 0 atom stereocenters. The second kappa shape index (κ2) is 6.62. The molecule has 0 aromatic carbocycles. The largest absolute Gasteiger partial charge is 0.461 e. The van der Waals surface area contributed by atoms with E-state index in [2.05, 4.69) is 17.0 Å². The summed E-state index contributed by atoms with van der Waals surface area (Å²) in [6.07, 6.45) is 4.53. The first-order valence-electron chi connectivity index (χ1n) is 6.78. The molecule has 2 rings (SSSR count). The zero-order valence-corrected chi connectivity index (χ0v) is 13.1. The lowest BCUT2D eigenvalue weighted by molar-refractivity contribution is 0.0517. The summed E-state index contributed by atoms with van der Waals surface area (Å²) < 4.78 is 6.76. The molecule has 0 fully saturated rings. The van der Waals surface area contributed by atoms with Crippen LogP contribution < -0.4 is 0 Å². The number of aromatic nitrogens is 3. The Hall–Kier alpha value is -2.02. The van der Waals surface area contributed by atoms with Crippen molar-refractivity contribution in [1.82, 2.24) is 14.8 Å². The maximum atomic E-state index is 11.9. The maximum Gasteiger partial charge on any atom is 0.358 e. The molecule has 0 saturated carbocycles. The van der Waals surface area contributed by atoms with Gasteiger partial charge >= 0.3 is 5.97 Å². The van der Waals surface area contributed by atoms with E-state index >= 15 is 0 Å². The predicted octanol–water partition coefficient (Wildman–Crippen LogP) is 2.80. The number of aryl methyl sites for hydroxylation is 1. The number of carbonyl (C=O) groups excluding carboxylic acids is 2. The molecule has 21 heavy (non-hydrogen) atoms. The van der Waals surface area contributed by atoms with Gasteiger partial charge in [0.15, 0.2) is 11.5 Å². The number of Topliss-reactive ketones (excluding diaryl/α,β-unsaturated/α-hetero) is 1. The van der Waals surface area contributed by atoms with Crippen molar-refractivity contribution in [2.24, 2.45) is 0 Å². The third-order valence-corrected chi connectivity index (χ3v) is 3.95. The first-order valence-corrected chi connectivity index (χ1v) is 7.60. The molecule has 7 heteroatoms. The molecule has 0 N–H and O–H groups in total. The summed E-state index contributed by atoms with van der Waals surface area (Å²) in [6.45, 7) is 6.26. The molecule has 0 aliphatic rings. The molecule has 0 amide bonds. The second-order valence-electron chi connectivity index (χ2n) is 4.47. The number of hydrogen-bond acceptors (Lipinski definition) is 6. The topological polar surface area (TPSA) is 74.1 Å². The van der Waals surface area contributed by atoms with Crippen LogP contribution in [0.25, 0.3) is 10.6 Å². The number of esters is 1. The summed E-state index contributed by atoms with van der Waals surface area (Å²) in [7, 11) is 0. The van der Waals surface area contributed by atoms with Gasteiger partial charge in [-0.2, -0.15) is 5.10 Å². The Labute approximate surface area is 126 Å². The predicted molar refractivity (Wildman–Crippen MR) is 79.6 cm³/mol. The first-order chi connectivity index (χ1) is 10.1. The fourth-order valence-electron chi connectivity index (χ4n) is 1.85. The fraction of sp³-hybridized carbons (Fsp3) is 0.429. The lowest BCUT2D eigenvalue weighted by Crippen LogP contribution is -2.09. The van der Waals surface area contributed by atoms with Crippen LogP contribution in [0.15, 0.2) is 12.4 Å². The Bertz CT molecular complexity index is 660. The number of ether oxygens (including phenoxy) is 1. The van der Waals surface area contributed by atoms with E-state index in [0.29, 0.717) is 9.88 Å². The molecule has 0 aliphatic heterocycles. The molecule has 0 radical (unpaired) electrons. The highest BCUT2D eigenvalue weighted by atomic mass is 32.1. The van der Waals surface area contributed by atoms with Gasteiger partial charge in [-0.1, -0.05) is 6.92 Å². The Morgan fingerprint density at radius 1 is 1.38 bits per heavy atom. The van der Waals surface area contributed by atoms with Crippen LogP contribution in [0, 0.1) is 0 Å². The van der Waals surface area contributed by atoms with Crippen molar-refractivity contribution in [3.63, 3.8) is 0 Å². The Balaban J connectivity index is 2.38. The molecule has 2 aromatic heterocycles. The number of rotatable bonds is 6. The van der Waals surface area contributed by atoms with Gasteiger partial charge in [0, 0.05) is 25.2 Å². The highest BCUT2D eigenvalue weighted by Gasteiger charge is 2.23. The minimum absolute atomic E-state index is 0.0904. The molecular weight excluding hydrogens is 290 g/mol. The summed E-state index contributed by atoms with van der Waals surface area (Å²) in [5.41, 5.74) is 0.888. The summed E-state index contributed by atoms with van der Waals surface area (Å²) in [6, 6.07) is 0. The summed E-state index contributed by atoms with van der Waals surface area (Å²) in [4.78, 5) is 28.1. The molecule has 2 heterocycles. The van der Waals surface area contributed by atoms with Gasteiger partial charge in [-0.3, -0.25) is 9.48 Å². The van der Waals surface area contributed by atoms with Crippen molar-refractivity contribution in [3.05, 3.63) is 23.0 Å². The summed E-state index contributed by atoms with van der Waals surface area (Å²) in [5.74, 6) is -0.756. The van der Waals surface area contributed by atoms with Crippen molar-refractivity contribution < 1.29 is 14.3 Å². The van der Waals surface area contributed by atoms with Gasteiger partial charge in [0.1, 0.15) is 9.88 Å². The van der Waals surface area contributed by atoms with Gasteiger partial charge in [0.05, 0.1) is 12.8 Å². The summed E-state index contributed by atoms with van der Waals surface area (Å²) >= 11 is 1.19. The van der Waals surface area contributed by atoms with Crippen LogP contribution in [0.3, 0.4) is 0 Å². The van der Waals surface area contributed by atoms with Crippen molar-refractivity contribution >= 4 is 23.1 Å². The minimum atomic E-state index is -0.564. The van der Waals surface area contributed by atoms with E-state index in [9.17, 15) is 9.59 Å². The molecule has 0 bridgehead atoms. The van der Waals surface area contributed by atoms with Gasteiger partial charge in [-0.15, -0.1) is 11.3 Å². The highest BCUT2D eigenvalue weighted by molar-refractivity contribution is 7.17. The van der Waals surface area contributed by atoms with Crippen molar-refractivity contribution in [2.75, 3.05) is 6.61 Å². The Morgan fingerprint density at radius 2 is 2.14 bits per heavy atom. The van der Waals surface area contributed by atoms with Crippen molar-refractivity contribution in [2.45, 2.75) is 33.7 Å². The normalized spacial score (nSPS) is 10.6. The van der Waals surface area contributed by atoms with Gasteiger partial charge in [0.2, 0.25) is 0 Å².